The molecule has 0 radical (unpaired) electrons. The number of benzene rings is 1. The smallest absolute Gasteiger partial charge is 0.326 e. The van der Waals surface area contributed by atoms with Crippen molar-refractivity contribution in [3.63, 3.8) is 0 Å². The van der Waals surface area contributed by atoms with E-state index in [0.717, 1.165) is 10.5 Å². The molecule has 114 valence electrons. The Morgan fingerprint density at radius 1 is 1.33 bits per heavy atom. The number of carbonyl (C=O) groups is 2. The molecule has 1 heterocycles. The highest BCUT2D eigenvalue weighted by Crippen LogP contribution is 2.33. The summed E-state index contributed by atoms with van der Waals surface area (Å²) in [5, 5.41) is 21.4. The zero-order valence-corrected chi connectivity index (χ0v) is 14.3. The summed E-state index contributed by atoms with van der Waals surface area (Å²) in [6, 6.07) is 2.12. The predicted molar refractivity (Wildman–Crippen MR) is 84.4 cm³/mol. The Bertz CT molecular complexity index is 571. The van der Waals surface area contributed by atoms with Crippen LogP contribution in [0.1, 0.15) is 12.0 Å². The fraction of sp³-hybridized carbons (Fsp3) is 0.385. The molecule has 0 aliphatic carbocycles. The Balaban J connectivity index is 2.20. The van der Waals surface area contributed by atoms with Crippen LogP contribution in [-0.2, 0) is 4.79 Å². The predicted octanol–water partition coefficient (Wildman–Crippen LogP) is 2.57. The van der Waals surface area contributed by atoms with Crippen LogP contribution in [0.4, 0.5) is 10.5 Å². The number of rotatable bonds is 2. The molecule has 1 fully saturated rings. The number of aliphatic hydroxyl groups excluding tert-OH is 1. The van der Waals surface area contributed by atoms with Gasteiger partial charge < -0.3 is 20.4 Å². The van der Waals surface area contributed by atoms with E-state index in [1.165, 1.54) is 0 Å². The second-order valence-corrected chi connectivity index (χ2v) is 6.64. The zero-order chi connectivity index (χ0) is 15.7. The highest BCUT2D eigenvalue weighted by molar-refractivity contribution is 9.11. The standard InChI is InChI=1S/C13H14Br2N2O4/c1-6-2-8(14)11(9(15)3-6)16-13(21)17-5-7(18)4-10(17)12(19)20/h2-3,7,10,18H,4-5H2,1H3,(H,16,21)(H,19,20)/t7?,10-/m0/s1. The highest BCUT2D eigenvalue weighted by atomic mass is 79.9. The number of β-amino-alcohol motifs (C(OH)–C–C–N with tert-alkyl or cyclic N) is 1. The van der Waals surface area contributed by atoms with Crippen LogP contribution in [0, 0.1) is 6.92 Å². The number of hydrogen-bond donors (Lipinski definition) is 3. The fourth-order valence-corrected chi connectivity index (χ4v) is 3.88. The first-order valence-corrected chi connectivity index (χ1v) is 7.82. The van der Waals surface area contributed by atoms with Crippen LogP contribution in [-0.4, -0.2) is 45.8 Å². The normalized spacial score (nSPS) is 21.4. The molecule has 3 N–H and O–H groups in total. The van der Waals surface area contributed by atoms with Crippen molar-refractivity contribution in [1.82, 2.24) is 4.90 Å². The van der Waals surface area contributed by atoms with Gasteiger partial charge in [0, 0.05) is 21.9 Å². The maximum absolute atomic E-state index is 12.3. The number of carboxylic acid groups (broad SMARTS) is 1. The maximum Gasteiger partial charge on any atom is 0.326 e. The van der Waals surface area contributed by atoms with Crippen molar-refractivity contribution in [2.75, 3.05) is 11.9 Å². The van der Waals surface area contributed by atoms with Crippen LogP contribution >= 0.6 is 31.9 Å². The quantitative estimate of drug-likeness (QED) is 0.684. The first kappa shape index (κ1) is 16.3. The van der Waals surface area contributed by atoms with E-state index in [0.29, 0.717) is 14.6 Å². The average molecular weight is 422 g/mol. The van der Waals surface area contributed by atoms with Crippen LogP contribution in [0.25, 0.3) is 0 Å². The molecular formula is C13H14Br2N2O4. The number of aryl methyl sites for hydroxylation is 1. The van der Waals surface area contributed by atoms with E-state index in [1.807, 2.05) is 19.1 Å². The van der Waals surface area contributed by atoms with Gasteiger partial charge in [0.2, 0.25) is 0 Å². The summed E-state index contributed by atoms with van der Waals surface area (Å²) in [6.45, 7) is 1.92. The molecule has 1 aliphatic heterocycles. The summed E-state index contributed by atoms with van der Waals surface area (Å²) in [6.07, 6.45) is -0.777. The van der Waals surface area contributed by atoms with Gasteiger partial charge in [-0.3, -0.25) is 0 Å². The number of urea groups is 1. The monoisotopic (exact) mass is 420 g/mol. The number of hydrogen-bond acceptors (Lipinski definition) is 3. The third-order valence-electron chi connectivity index (χ3n) is 3.24. The van der Waals surface area contributed by atoms with Gasteiger partial charge in [-0.2, -0.15) is 0 Å². The third-order valence-corrected chi connectivity index (χ3v) is 4.49. The van der Waals surface area contributed by atoms with E-state index in [2.05, 4.69) is 37.2 Å². The Morgan fingerprint density at radius 3 is 2.43 bits per heavy atom. The first-order chi connectivity index (χ1) is 9.79. The molecule has 8 heteroatoms. The van der Waals surface area contributed by atoms with Crippen LogP contribution in [0.15, 0.2) is 21.1 Å². The van der Waals surface area contributed by atoms with Crippen molar-refractivity contribution in [3.05, 3.63) is 26.6 Å². The van der Waals surface area contributed by atoms with Gasteiger partial charge in [0.25, 0.3) is 0 Å². The molecule has 1 aliphatic rings. The summed E-state index contributed by atoms with van der Waals surface area (Å²) in [5.74, 6) is -1.12. The molecule has 21 heavy (non-hydrogen) atoms. The lowest BCUT2D eigenvalue weighted by Gasteiger charge is -2.22. The molecule has 2 amide bonds. The number of aliphatic hydroxyl groups is 1. The molecule has 1 unspecified atom stereocenters. The summed E-state index contributed by atoms with van der Waals surface area (Å²) < 4.78 is 1.38. The molecule has 0 spiro atoms. The first-order valence-electron chi connectivity index (χ1n) is 6.23. The summed E-state index contributed by atoms with van der Waals surface area (Å²) >= 11 is 6.72. The molecule has 2 atom stereocenters. The largest absolute Gasteiger partial charge is 0.480 e. The maximum atomic E-state index is 12.3. The zero-order valence-electron chi connectivity index (χ0n) is 11.1. The van der Waals surface area contributed by atoms with Gasteiger partial charge in [0.05, 0.1) is 11.8 Å². The fourth-order valence-electron chi connectivity index (χ4n) is 2.27. The van der Waals surface area contributed by atoms with Crippen molar-refractivity contribution in [1.29, 1.82) is 0 Å². The Hall–Kier alpha value is -1.12. The summed E-state index contributed by atoms with van der Waals surface area (Å²) in [7, 11) is 0. The van der Waals surface area contributed by atoms with Gasteiger partial charge in [0.15, 0.2) is 0 Å². The number of aliphatic carboxylic acids is 1. The Labute approximate surface area is 138 Å². The number of halogens is 2. The van der Waals surface area contributed by atoms with E-state index in [4.69, 9.17) is 5.11 Å². The van der Waals surface area contributed by atoms with Crippen LogP contribution in [0.3, 0.4) is 0 Å². The third kappa shape index (κ3) is 3.56. The summed E-state index contributed by atoms with van der Waals surface area (Å²) in [5.41, 5.74) is 1.53. The number of likely N-dealkylation sites (tertiary alicyclic amines) is 1. The van der Waals surface area contributed by atoms with Gasteiger partial charge in [-0.05, 0) is 56.5 Å². The lowest BCUT2D eigenvalue weighted by molar-refractivity contribution is -0.141. The van der Waals surface area contributed by atoms with Gasteiger partial charge in [-0.15, -0.1) is 0 Å². The number of anilines is 1. The number of carbonyl (C=O) groups excluding carboxylic acids is 1. The molecule has 2 rings (SSSR count). The summed E-state index contributed by atoms with van der Waals surface area (Å²) in [4.78, 5) is 24.5. The van der Waals surface area contributed by atoms with Gasteiger partial charge in [-0.1, -0.05) is 0 Å². The minimum Gasteiger partial charge on any atom is -0.480 e. The Kier molecular flexibility index (Phi) is 4.90. The second-order valence-electron chi connectivity index (χ2n) is 4.93. The van der Waals surface area contributed by atoms with Crippen molar-refractivity contribution in [2.45, 2.75) is 25.5 Å². The minimum atomic E-state index is -1.12. The van der Waals surface area contributed by atoms with Gasteiger partial charge in [-0.25, -0.2) is 9.59 Å². The van der Waals surface area contributed by atoms with Gasteiger partial charge >= 0.3 is 12.0 Å². The highest BCUT2D eigenvalue weighted by Gasteiger charge is 2.39. The SMILES string of the molecule is Cc1cc(Br)c(NC(=O)N2CC(O)C[C@H]2C(=O)O)c(Br)c1. The molecule has 0 saturated carbocycles. The molecule has 0 bridgehead atoms. The molecule has 6 nitrogen and oxygen atoms in total. The van der Waals surface area contributed by atoms with Crippen molar-refractivity contribution < 1.29 is 19.8 Å². The number of nitrogens with zero attached hydrogens (tertiary/aromatic N) is 1. The van der Waals surface area contributed by atoms with Crippen LogP contribution in [0.5, 0.6) is 0 Å². The van der Waals surface area contributed by atoms with E-state index >= 15 is 0 Å². The molecule has 0 aromatic heterocycles. The van der Waals surface area contributed by atoms with E-state index in [1.54, 1.807) is 0 Å². The minimum absolute atomic E-state index is 0.00387. The Morgan fingerprint density at radius 2 is 1.90 bits per heavy atom. The van der Waals surface area contributed by atoms with E-state index in [9.17, 15) is 14.7 Å². The molecule has 1 aromatic carbocycles. The average Bonchev–Trinajstić information content (AvgIpc) is 2.76. The van der Waals surface area contributed by atoms with Gasteiger partial charge in [0.1, 0.15) is 6.04 Å². The van der Waals surface area contributed by atoms with E-state index in [-0.39, 0.29) is 13.0 Å². The lowest BCUT2D eigenvalue weighted by atomic mass is 10.2. The van der Waals surface area contributed by atoms with Crippen molar-refractivity contribution >= 4 is 49.5 Å². The molecule has 1 saturated heterocycles. The number of nitrogens with one attached hydrogen (secondary N) is 1. The second kappa shape index (κ2) is 6.33. The lowest BCUT2D eigenvalue weighted by Crippen LogP contribution is -2.43. The number of amides is 2. The molecule has 1 aromatic rings. The molecular weight excluding hydrogens is 408 g/mol. The van der Waals surface area contributed by atoms with Crippen LogP contribution in [0.2, 0.25) is 0 Å². The van der Waals surface area contributed by atoms with Crippen LogP contribution < -0.4 is 5.32 Å². The van der Waals surface area contributed by atoms with Crippen molar-refractivity contribution in [3.8, 4) is 0 Å². The topological polar surface area (TPSA) is 89.9 Å². The van der Waals surface area contributed by atoms with E-state index < -0.39 is 24.1 Å². The van der Waals surface area contributed by atoms with Crippen molar-refractivity contribution in [2.24, 2.45) is 0 Å². The number of carboxylic acids is 1.